The van der Waals surface area contributed by atoms with E-state index in [0.717, 1.165) is 5.69 Å². The average Bonchev–Trinajstić information content (AvgIpc) is 2.52. The van der Waals surface area contributed by atoms with Crippen molar-refractivity contribution in [3.63, 3.8) is 0 Å². The molecule has 1 unspecified atom stereocenters. The Bertz CT molecular complexity index is 256. The Morgan fingerprint density at radius 2 is 2.36 bits per heavy atom. The number of unbranched alkanes of at least 4 members (excludes halogenated alkanes) is 2. The van der Waals surface area contributed by atoms with E-state index >= 15 is 0 Å². The van der Waals surface area contributed by atoms with Gasteiger partial charge in [-0.3, -0.25) is 5.10 Å². The molecule has 0 bridgehead atoms. The van der Waals surface area contributed by atoms with Crippen LogP contribution < -0.4 is 11.1 Å². The fourth-order valence-corrected chi connectivity index (χ4v) is 1.45. The van der Waals surface area contributed by atoms with Crippen LogP contribution in [0.4, 0.5) is 11.5 Å². The molecule has 0 saturated carbocycles. The Morgan fingerprint density at radius 3 is 2.93 bits per heavy atom. The molecule has 0 fully saturated rings. The third-order valence-corrected chi connectivity index (χ3v) is 2.31. The molecule has 14 heavy (non-hydrogen) atoms. The third kappa shape index (κ3) is 3.28. The summed E-state index contributed by atoms with van der Waals surface area (Å²) in [4.78, 5) is 0. The number of hydrogen-bond donors (Lipinski definition) is 3. The second-order valence-electron chi connectivity index (χ2n) is 3.74. The van der Waals surface area contributed by atoms with E-state index < -0.39 is 0 Å². The molecule has 0 spiro atoms. The van der Waals surface area contributed by atoms with E-state index in [9.17, 15) is 0 Å². The van der Waals surface area contributed by atoms with Crippen molar-refractivity contribution >= 4 is 11.5 Å². The van der Waals surface area contributed by atoms with Gasteiger partial charge >= 0.3 is 0 Å². The maximum Gasteiger partial charge on any atom is 0.142 e. The fraction of sp³-hybridized carbons (Fsp3) is 0.700. The number of anilines is 2. The van der Waals surface area contributed by atoms with Crippen LogP contribution in [-0.2, 0) is 0 Å². The maximum absolute atomic E-state index is 5.66. The topological polar surface area (TPSA) is 66.7 Å². The molecule has 1 rings (SSSR count). The predicted octanol–water partition coefficient (Wildman–Crippen LogP) is 2.37. The molecule has 4 heteroatoms. The van der Waals surface area contributed by atoms with Gasteiger partial charge < -0.3 is 11.1 Å². The summed E-state index contributed by atoms with van der Waals surface area (Å²) in [6, 6.07) is 0.460. The number of rotatable bonds is 6. The summed E-state index contributed by atoms with van der Waals surface area (Å²) in [6.45, 7) is 4.38. The summed E-state index contributed by atoms with van der Waals surface area (Å²) in [5.41, 5.74) is 6.57. The van der Waals surface area contributed by atoms with Crippen molar-refractivity contribution in [1.29, 1.82) is 0 Å². The molecule has 0 aliphatic carbocycles. The first kappa shape index (κ1) is 10.9. The lowest BCUT2D eigenvalue weighted by Gasteiger charge is -2.13. The van der Waals surface area contributed by atoms with Crippen molar-refractivity contribution in [1.82, 2.24) is 10.2 Å². The van der Waals surface area contributed by atoms with E-state index in [2.05, 4.69) is 29.4 Å². The van der Waals surface area contributed by atoms with Gasteiger partial charge in [0.05, 0.1) is 11.9 Å². The average molecular weight is 196 g/mol. The monoisotopic (exact) mass is 196 g/mol. The van der Waals surface area contributed by atoms with E-state index in [4.69, 9.17) is 5.73 Å². The van der Waals surface area contributed by atoms with Crippen LogP contribution in [-0.4, -0.2) is 16.2 Å². The summed E-state index contributed by atoms with van der Waals surface area (Å²) < 4.78 is 0. The van der Waals surface area contributed by atoms with Crippen LogP contribution in [0.5, 0.6) is 0 Å². The molecule has 1 atom stereocenters. The Morgan fingerprint density at radius 1 is 1.57 bits per heavy atom. The molecule has 0 aliphatic heterocycles. The van der Waals surface area contributed by atoms with Crippen LogP contribution in [0.25, 0.3) is 0 Å². The van der Waals surface area contributed by atoms with Gasteiger partial charge in [-0.05, 0) is 13.3 Å². The van der Waals surface area contributed by atoms with Gasteiger partial charge in [0.2, 0.25) is 0 Å². The number of nitrogens with zero attached hydrogens (tertiary/aromatic N) is 1. The minimum atomic E-state index is 0.460. The molecular weight excluding hydrogens is 176 g/mol. The first-order chi connectivity index (χ1) is 6.74. The lowest BCUT2D eigenvalue weighted by molar-refractivity contribution is 0.615. The molecular formula is C10H20N4. The number of H-pyrrole nitrogens is 1. The van der Waals surface area contributed by atoms with Crippen molar-refractivity contribution in [3.8, 4) is 0 Å². The van der Waals surface area contributed by atoms with Crippen LogP contribution in [0, 0.1) is 0 Å². The van der Waals surface area contributed by atoms with Crippen LogP contribution in [0.15, 0.2) is 6.20 Å². The van der Waals surface area contributed by atoms with Crippen molar-refractivity contribution in [2.75, 3.05) is 11.1 Å². The summed E-state index contributed by atoms with van der Waals surface area (Å²) in [7, 11) is 0. The second kappa shape index (κ2) is 5.52. The highest BCUT2D eigenvalue weighted by Crippen LogP contribution is 2.16. The Labute approximate surface area is 85.3 Å². The third-order valence-electron chi connectivity index (χ3n) is 2.31. The van der Waals surface area contributed by atoms with Crippen molar-refractivity contribution in [3.05, 3.63) is 6.20 Å². The summed E-state index contributed by atoms with van der Waals surface area (Å²) in [5, 5.41) is 9.90. The van der Waals surface area contributed by atoms with E-state index in [-0.39, 0.29) is 0 Å². The molecule has 1 heterocycles. The molecule has 0 radical (unpaired) electrons. The maximum atomic E-state index is 5.66. The molecule has 0 saturated heterocycles. The highest BCUT2D eigenvalue weighted by atomic mass is 15.2. The van der Waals surface area contributed by atoms with Crippen LogP contribution in [0.3, 0.4) is 0 Å². The molecule has 0 amide bonds. The zero-order valence-electron chi connectivity index (χ0n) is 9.01. The van der Waals surface area contributed by atoms with E-state index in [1.165, 1.54) is 25.7 Å². The van der Waals surface area contributed by atoms with Crippen molar-refractivity contribution < 1.29 is 0 Å². The minimum absolute atomic E-state index is 0.460. The first-order valence-electron chi connectivity index (χ1n) is 5.29. The Kier molecular flexibility index (Phi) is 4.29. The Balaban J connectivity index is 2.27. The number of hydrogen-bond acceptors (Lipinski definition) is 3. The summed E-state index contributed by atoms with van der Waals surface area (Å²) in [5.74, 6) is 0.618. The van der Waals surface area contributed by atoms with Gasteiger partial charge in [-0.15, -0.1) is 0 Å². The first-order valence-corrected chi connectivity index (χ1v) is 5.29. The molecule has 80 valence electrons. The smallest absolute Gasteiger partial charge is 0.142 e. The Hall–Kier alpha value is -1.19. The normalized spacial score (nSPS) is 12.7. The zero-order valence-corrected chi connectivity index (χ0v) is 9.01. The fourth-order valence-electron chi connectivity index (χ4n) is 1.45. The van der Waals surface area contributed by atoms with Crippen molar-refractivity contribution in [2.24, 2.45) is 0 Å². The largest absolute Gasteiger partial charge is 0.382 e. The van der Waals surface area contributed by atoms with Gasteiger partial charge in [0.1, 0.15) is 5.82 Å². The molecule has 1 aromatic heterocycles. The number of nitrogens with one attached hydrogen (secondary N) is 2. The molecule has 1 aromatic rings. The van der Waals surface area contributed by atoms with Gasteiger partial charge in [0, 0.05) is 6.04 Å². The van der Waals surface area contributed by atoms with Gasteiger partial charge in [-0.25, -0.2) is 0 Å². The standard InChI is InChI=1S/C10H20N4/c1-3-4-5-6-8(2)13-9-7-12-14-10(9)11/h7-8,13H,3-6H2,1-2H3,(H3,11,12,14). The summed E-state index contributed by atoms with van der Waals surface area (Å²) >= 11 is 0. The van der Waals surface area contributed by atoms with Gasteiger partial charge in [-0.2, -0.15) is 5.10 Å². The SMILES string of the molecule is CCCCCC(C)Nc1cn[nH]c1N. The van der Waals surface area contributed by atoms with Crippen LogP contribution in [0.1, 0.15) is 39.5 Å². The number of nitrogen functional groups attached to an aromatic ring is 1. The summed E-state index contributed by atoms with van der Waals surface area (Å²) in [6.07, 6.45) is 6.74. The highest BCUT2D eigenvalue weighted by molar-refractivity contribution is 5.60. The number of aromatic nitrogens is 2. The molecule has 4 nitrogen and oxygen atoms in total. The highest BCUT2D eigenvalue weighted by Gasteiger charge is 2.05. The van der Waals surface area contributed by atoms with Gasteiger partial charge in [0.25, 0.3) is 0 Å². The van der Waals surface area contributed by atoms with Crippen molar-refractivity contribution in [2.45, 2.75) is 45.6 Å². The van der Waals surface area contributed by atoms with E-state index in [1.54, 1.807) is 6.20 Å². The van der Waals surface area contributed by atoms with E-state index in [0.29, 0.717) is 11.9 Å². The number of nitrogens with two attached hydrogens (primary N) is 1. The van der Waals surface area contributed by atoms with Gasteiger partial charge in [-0.1, -0.05) is 26.2 Å². The minimum Gasteiger partial charge on any atom is -0.382 e. The zero-order chi connectivity index (χ0) is 10.4. The van der Waals surface area contributed by atoms with Crippen LogP contribution >= 0.6 is 0 Å². The number of aromatic amines is 1. The lowest BCUT2D eigenvalue weighted by atomic mass is 10.1. The molecule has 0 aliphatic rings. The van der Waals surface area contributed by atoms with E-state index in [1.807, 2.05) is 0 Å². The quantitative estimate of drug-likeness (QED) is 0.612. The predicted molar refractivity (Wildman–Crippen MR) is 60.2 cm³/mol. The second-order valence-corrected chi connectivity index (χ2v) is 3.74. The lowest BCUT2D eigenvalue weighted by Crippen LogP contribution is -2.15. The molecule has 4 N–H and O–H groups in total. The van der Waals surface area contributed by atoms with Gasteiger partial charge in [0.15, 0.2) is 0 Å². The van der Waals surface area contributed by atoms with Crippen LogP contribution in [0.2, 0.25) is 0 Å². The molecule has 0 aromatic carbocycles.